The highest BCUT2D eigenvalue weighted by Gasteiger charge is 2.11. The molecule has 0 aromatic rings. The summed E-state index contributed by atoms with van der Waals surface area (Å²) in [7, 11) is 4.27. The summed E-state index contributed by atoms with van der Waals surface area (Å²) >= 11 is 0. The number of hydrogen-bond donors (Lipinski definition) is 1. The zero-order chi connectivity index (χ0) is 7.40. The molecule has 1 N–H and O–H groups in total. The van der Waals surface area contributed by atoms with Crippen LogP contribution in [-0.4, -0.2) is 38.1 Å². The van der Waals surface area contributed by atoms with Crippen LogP contribution in [0.3, 0.4) is 0 Å². The third-order valence-electron chi connectivity index (χ3n) is 2.36. The lowest BCUT2D eigenvalue weighted by atomic mass is 10.1. The van der Waals surface area contributed by atoms with Gasteiger partial charge in [-0.25, -0.2) is 0 Å². The highest BCUT2D eigenvalue weighted by atomic mass is 15.1. The fourth-order valence-electron chi connectivity index (χ4n) is 1.53. The van der Waals surface area contributed by atoms with Gasteiger partial charge in [-0.3, -0.25) is 0 Å². The van der Waals surface area contributed by atoms with Gasteiger partial charge in [-0.2, -0.15) is 0 Å². The van der Waals surface area contributed by atoms with Crippen molar-refractivity contribution in [3.05, 3.63) is 0 Å². The molecule has 1 saturated heterocycles. The molecular formula is C8H18N2. The fourth-order valence-corrected chi connectivity index (χ4v) is 1.53. The molecule has 10 heavy (non-hydrogen) atoms. The molecule has 60 valence electrons. The highest BCUT2D eigenvalue weighted by molar-refractivity contribution is 4.71. The zero-order valence-electron chi connectivity index (χ0n) is 7.06. The Balaban J connectivity index is 2.26. The minimum atomic E-state index is 0.768. The summed E-state index contributed by atoms with van der Waals surface area (Å²) in [6.45, 7) is 2.53. The molecule has 1 atom stereocenters. The van der Waals surface area contributed by atoms with Crippen molar-refractivity contribution in [1.82, 2.24) is 10.2 Å². The number of likely N-dealkylation sites (tertiary alicyclic amines) is 1. The third-order valence-corrected chi connectivity index (χ3v) is 2.36. The zero-order valence-corrected chi connectivity index (χ0v) is 7.06. The number of hydrogen-bond acceptors (Lipinski definition) is 2. The van der Waals surface area contributed by atoms with Gasteiger partial charge >= 0.3 is 0 Å². The van der Waals surface area contributed by atoms with Gasteiger partial charge in [0.2, 0.25) is 0 Å². The van der Waals surface area contributed by atoms with Crippen LogP contribution in [0.1, 0.15) is 19.3 Å². The Morgan fingerprint density at radius 2 is 2.10 bits per heavy atom. The Morgan fingerprint density at radius 1 is 1.30 bits per heavy atom. The first kappa shape index (κ1) is 8.02. The van der Waals surface area contributed by atoms with Crippen molar-refractivity contribution in [3.63, 3.8) is 0 Å². The van der Waals surface area contributed by atoms with Gasteiger partial charge in [-0.1, -0.05) is 0 Å². The number of nitrogens with one attached hydrogen (secondary N) is 1. The molecule has 2 heteroatoms. The molecular weight excluding hydrogens is 124 g/mol. The summed E-state index contributed by atoms with van der Waals surface area (Å²) in [6, 6.07) is 0.768. The lowest BCUT2D eigenvalue weighted by Crippen LogP contribution is -2.26. The predicted molar refractivity (Wildman–Crippen MR) is 44.2 cm³/mol. The average molecular weight is 142 g/mol. The molecule has 1 aliphatic heterocycles. The first-order chi connectivity index (χ1) is 4.83. The van der Waals surface area contributed by atoms with Crippen LogP contribution < -0.4 is 5.32 Å². The largest absolute Gasteiger partial charge is 0.317 e. The molecule has 0 radical (unpaired) electrons. The van der Waals surface area contributed by atoms with Gasteiger partial charge in [-0.15, -0.1) is 0 Å². The van der Waals surface area contributed by atoms with Crippen LogP contribution >= 0.6 is 0 Å². The minimum Gasteiger partial charge on any atom is -0.317 e. The predicted octanol–water partition coefficient (Wildman–Crippen LogP) is 0.690. The molecule has 1 rings (SSSR count). The van der Waals surface area contributed by atoms with E-state index in [0.29, 0.717) is 0 Å². The molecule has 0 aromatic carbocycles. The van der Waals surface area contributed by atoms with E-state index in [4.69, 9.17) is 0 Å². The highest BCUT2D eigenvalue weighted by Crippen LogP contribution is 2.08. The maximum Gasteiger partial charge on any atom is 0.00767 e. The van der Waals surface area contributed by atoms with Gasteiger partial charge in [0.05, 0.1) is 0 Å². The van der Waals surface area contributed by atoms with E-state index in [1.165, 1.54) is 32.4 Å². The van der Waals surface area contributed by atoms with E-state index in [2.05, 4.69) is 24.3 Å². The van der Waals surface area contributed by atoms with Crippen LogP contribution in [0.25, 0.3) is 0 Å². The number of rotatable bonds is 1. The maximum absolute atomic E-state index is 3.34. The van der Waals surface area contributed by atoms with Crippen LogP contribution in [0.5, 0.6) is 0 Å². The van der Waals surface area contributed by atoms with E-state index < -0.39 is 0 Å². The van der Waals surface area contributed by atoms with Crippen LogP contribution in [0, 0.1) is 0 Å². The first-order valence-electron chi connectivity index (χ1n) is 4.18. The van der Waals surface area contributed by atoms with Crippen molar-refractivity contribution in [1.29, 1.82) is 0 Å². The van der Waals surface area contributed by atoms with E-state index in [1.54, 1.807) is 0 Å². The Labute approximate surface area is 63.6 Å². The Kier molecular flexibility index (Phi) is 3.16. The van der Waals surface area contributed by atoms with E-state index in [0.717, 1.165) is 6.04 Å². The SMILES string of the molecule is CNC1CCCN(C)CC1. The molecule has 1 unspecified atom stereocenters. The molecule has 0 saturated carbocycles. The maximum atomic E-state index is 3.34. The van der Waals surface area contributed by atoms with Gasteiger partial charge in [-0.05, 0) is 46.4 Å². The molecule has 1 aliphatic rings. The molecule has 0 aliphatic carbocycles. The van der Waals surface area contributed by atoms with Gasteiger partial charge < -0.3 is 10.2 Å². The Hall–Kier alpha value is -0.0800. The van der Waals surface area contributed by atoms with Crippen molar-refractivity contribution in [2.75, 3.05) is 27.2 Å². The van der Waals surface area contributed by atoms with Crippen LogP contribution in [-0.2, 0) is 0 Å². The molecule has 0 aromatic heterocycles. The summed E-state index contributed by atoms with van der Waals surface area (Å²) in [4.78, 5) is 2.41. The molecule has 0 amide bonds. The Bertz CT molecular complexity index is 93.3. The minimum absolute atomic E-state index is 0.768. The summed E-state index contributed by atoms with van der Waals surface area (Å²) < 4.78 is 0. The number of nitrogens with zero attached hydrogens (tertiary/aromatic N) is 1. The second kappa shape index (κ2) is 3.94. The third kappa shape index (κ3) is 2.27. The van der Waals surface area contributed by atoms with Crippen molar-refractivity contribution in [2.24, 2.45) is 0 Å². The lowest BCUT2D eigenvalue weighted by Gasteiger charge is -2.13. The summed E-state index contributed by atoms with van der Waals surface area (Å²) in [5, 5.41) is 3.34. The Morgan fingerprint density at radius 3 is 2.80 bits per heavy atom. The van der Waals surface area contributed by atoms with Crippen molar-refractivity contribution >= 4 is 0 Å². The van der Waals surface area contributed by atoms with Gasteiger partial charge in [0.1, 0.15) is 0 Å². The summed E-state index contributed by atoms with van der Waals surface area (Å²) in [5.74, 6) is 0. The fraction of sp³-hybridized carbons (Fsp3) is 1.00. The van der Waals surface area contributed by atoms with E-state index in [-0.39, 0.29) is 0 Å². The van der Waals surface area contributed by atoms with Crippen molar-refractivity contribution < 1.29 is 0 Å². The van der Waals surface area contributed by atoms with Crippen LogP contribution in [0.15, 0.2) is 0 Å². The normalized spacial score (nSPS) is 30.0. The smallest absolute Gasteiger partial charge is 0.00767 e. The topological polar surface area (TPSA) is 15.3 Å². The van der Waals surface area contributed by atoms with Crippen molar-refractivity contribution in [3.8, 4) is 0 Å². The standard InChI is InChI=1S/C8H18N2/c1-9-8-4-3-6-10(2)7-5-8/h8-9H,3-7H2,1-2H3. The monoisotopic (exact) mass is 142 g/mol. The summed E-state index contributed by atoms with van der Waals surface area (Å²) in [5.41, 5.74) is 0. The summed E-state index contributed by atoms with van der Waals surface area (Å²) in [6.07, 6.45) is 4.01. The quantitative estimate of drug-likeness (QED) is 0.579. The first-order valence-corrected chi connectivity index (χ1v) is 4.18. The van der Waals surface area contributed by atoms with Crippen LogP contribution in [0.4, 0.5) is 0 Å². The van der Waals surface area contributed by atoms with E-state index in [9.17, 15) is 0 Å². The van der Waals surface area contributed by atoms with Gasteiger partial charge in [0, 0.05) is 6.04 Å². The molecule has 0 spiro atoms. The lowest BCUT2D eigenvalue weighted by molar-refractivity contribution is 0.345. The average Bonchev–Trinajstić information content (AvgIpc) is 2.14. The second-order valence-electron chi connectivity index (χ2n) is 3.22. The van der Waals surface area contributed by atoms with Gasteiger partial charge in [0.15, 0.2) is 0 Å². The van der Waals surface area contributed by atoms with Crippen LogP contribution in [0.2, 0.25) is 0 Å². The van der Waals surface area contributed by atoms with Gasteiger partial charge in [0.25, 0.3) is 0 Å². The van der Waals surface area contributed by atoms with E-state index in [1.807, 2.05) is 0 Å². The van der Waals surface area contributed by atoms with E-state index >= 15 is 0 Å². The molecule has 2 nitrogen and oxygen atoms in total. The molecule has 0 bridgehead atoms. The van der Waals surface area contributed by atoms with Crippen molar-refractivity contribution in [2.45, 2.75) is 25.3 Å². The molecule has 1 fully saturated rings. The second-order valence-corrected chi connectivity index (χ2v) is 3.22. The molecule has 1 heterocycles.